The number of rotatable bonds is 0. The molecule has 0 aliphatic heterocycles. The van der Waals surface area contributed by atoms with Gasteiger partial charge in [-0.1, -0.05) is 115 Å². The summed E-state index contributed by atoms with van der Waals surface area (Å²) in [4.78, 5) is 0. The molecule has 0 aliphatic rings. The number of aryl methyl sites for hydroxylation is 2. The third kappa shape index (κ3) is 3.31. The summed E-state index contributed by atoms with van der Waals surface area (Å²) in [5.41, 5.74) is 2.66. The molecule has 0 bridgehead atoms. The van der Waals surface area contributed by atoms with E-state index in [1.165, 1.54) is 54.2 Å². The first-order valence-corrected chi connectivity index (χ1v) is 10.5. The van der Waals surface area contributed by atoms with Gasteiger partial charge in [-0.05, 0) is 62.5 Å². The van der Waals surface area contributed by atoms with Gasteiger partial charge in [-0.3, -0.25) is 0 Å². The molecule has 0 atom stereocenters. The second-order valence-electron chi connectivity index (χ2n) is 7.97. The van der Waals surface area contributed by atoms with E-state index >= 15 is 0 Å². The highest BCUT2D eigenvalue weighted by molar-refractivity contribution is 6.08. The SMILES string of the molecule is Cc1ccc2c(ccc3ccccc32)c1.Cc1cccc2c1ccc1ccccc12. The van der Waals surface area contributed by atoms with Crippen molar-refractivity contribution in [1.29, 1.82) is 0 Å². The second kappa shape index (κ2) is 7.65. The van der Waals surface area contributed by atoms with Crippen LogP contribution < -0.4 is 0 Å². The number of hydrogen-bond acceptors (Lipinski definition) is 0. The molecule has 0 heterocycles. The van der Waals surface area contributed by atoms with E-state index in [0.29, 0.717) is 0 Å². The third-order valence-corrected chi connectivity index (χ3v) is 5.91. The Morgan fingerprint density at radius 3 is 1.67 bits per heavy atom. The van der Waals surface area contributed by atoms with Crippen LogP contribution in [0.5, 0.6) is 0 Å². The lowest BCUT2D eigenvalue weighted by atomic mass is 9.99. The van der Waals surface area contributed by atoms with Crippen molar-refractivity contribution in [3.05, 3.63) is 120 Å². The molecule has 6 aromatic rings. The maximum absolute atomic E-state index is 2.24. The molecule has 0 aliphatic carbocycles. The van der Waals surface area contributed by atoms with Crippen LogP contribution in [0.1, 0.15) is 11.1 Å². The Bertz CT molecular complexity index is 1510. The van der Waals surface area contributed by atoms with E-state index in [0.717, 1.165) is 0 Å². The van der Waals surface area contributed by atoms with Gasteiger partial charge in [0, 0.05) is 0 Å². The highest BCUT2D eigenvalue weighted by Crippen LogP contribution is 2.27. The van der Waals surface area contributed by atoms with E-state index in [-0.39, 0.29) is 0 Å². The average Bonchev–Trinajstić information content (AvgIpc) is 2.79. The standard InChI is InChI=1S/2C15H12/c1-11-5-4-8-15-13(11)10-9-12-6-2-3-7-14(12)15;1-11-6-9-15-13(10-11)8-7-12-4-2-3-5-14(12)15/h2*2-10H,1H3. The fourth-order valence-electron chi connectivity index (χ4n) is 4.33. The van der Waals surface area contributed by atoms with Crippen LogP contribution in [0.2, 0.25) is 0 Å². The summed E-state index contributed by atoms with van der Waals surface area (Å²) in [5.74, 6) is 0. The molecular weight excluding hydrogens is 360 g/mol. The third-order valence-electron chi connectivity index (χ3n) is 5.91. The summed E-state index contributed by atoms with van der Waals surface area (Å²) in [5, 5.41) is 10.7. The average molecular weight is 385 g/mol. The van der Waals surface area contributed by atoms with Gasteiger partial charge < -0.3 is 0 Å². The van der Waals surface area contributed by atoms with Gasteiger partial charge in [-0.2, -0.15) is 0 Å². The van der Waals surface area contributed by atoms with Crippen LogP contribution in [-0.4, -0.2) is 0 Å². The van der Waals surface area contributed by atoms with Gasteiger partial charge in [-0.25, -0.2) is 0 Å². The van der Waals surface area contributed by atoms with Crippen molar-refractivity contribution < 1.29 is 0 Å². The Kier molecular flexibility index (Phi) is 4.69. The predicted molar refractivity (Wildman–Crippen MR) is 132 cm³/mol. The van der Waals surface area contributed by atoms with Crippen LogP contribution in [0.15, 0.2) is 109 Å². The van der Waals surface area contributed by atoms with E-state index in [4.69, 9.17) is 0 Å². The lowest BCUT2D eigenvalue weighted by molar-refractivity contribution is 1.51. The molecule has 30 heavy (non-hydrogen) atoms. The summed E-state index contributed by atoms with van der Waals surface area (Å²) < 4.78 is 0. The minimum atomic E-state index is 1.31. The molecular formula is C30H24. The van der Waals surface area contributed by atoms with Crippen molar-refractivity contribution in [1.82, 2.24) is 0 Å². The molecule has 0 nitrogen and oxygen atoms in total. The topological polar surface area (TPSA) is 0 Å². The Morgan fingerprint density at radius 1 is 0.367 bits per heavy atom. The first-order chi connectivity index (χ1) is 14.7. The van der Waals surface area contributed by atoms with Crippen molar-refractivity contribution in [3.8, 4) is 0 Å². The van der Waals surface area contributed by atoms with Gasteiger partial charge in [-0.15, -0.1) is 0 Å². The normalized spacial score (nSPS) is 11.0. The zero-order chi connectivity index (χ0) is 20.5. The Hall–Kier alpha value is -3.64. The highest BCUT2D eigenvalue weighted by Gasteiger charge is 2.01. The molecule has 144 valence electrons. The minimum absolute atomic E-state index is 1.31. The van der Waals surface area contributed by atoms with Crippen molar-refractivity contribution >= 4 is 43.1 Å². The van der Waals surface area contributed by atoms with Crippen LogP contribution in [0.25, 0.3) is 43.1 Å². The Labute approximate surface area is 177 Å². The summed E-state index contributed by atoms with van der Waals surface area (Å²) in [6, 6.07) is 39.0. The Morgan fingerprint density at radius 2 is 0.900 bits per heavy atom. The predicted octanol–water partition coefficient (Wildman–Crippen LogP) is 8.60. The summed E-state index contributed by atoms with van der Waals surface area (Å²) in [7, 11) is 0. The molecule has 0 radical (unpaired) electrons. The maximum Gasteiger partial charge on any atom is -0.0103 e. The fraction of sp³-hybridized carbons (Fsp3) is 0.0667. The van der Waals surface area contributed by atoms with E-state index in [1.807, 2.05) is 0 Å². The first kappa shape index (κ1) is 18.4. The number of hydrogen-bond donors (Lipinski definition) is 0. The molecule has 0 saturated carbocycles. The van der Waals surface area contributed by atoms with Crippen LogP contribution >= 0.6 is 0 Å². The molecule has 0 N–H and O–H groups in total. The van der Waals surface area contributed by atoms with Crippen molar-refractivity contribution in [3.63, 3.8) is 0 Å². The largest absolute Gasteiger partial charge is 0.0616 e. The second-order valence-corrected chi connectivity index (χ2v) is 7.97. The fourth-order valence-corrected chi connectivity index (χ4v) is 4.33. The molecule has 0 fully saturated rings. The first-order valence-electron chi connectivity index (χ1n) is 10.5. The maximum atomic E-state index is 2.24. The van der Waals surface area contributed by atoms with Gasteiger partial charge in [0.1, 0.15) is 0 Å². The van der Waals surface area contributed by atoms with Crippen LogP contribution in [0, 0.1) is 13.8 Å². The molecule has 0 unspecified atom stereocenters. The quantitative estimate of drug-likeness (QED) is 0.230. The molecule has 0 heteroatoms. The van der Waals surface area contributed by atoms with Crippen LogP contribution in [0.4, 0.5) is 0 Å². The van der Waals surface area contributed by atoms with Gasteiger partial charge in [0.15, 0.2) is 0 Å². The van der Waals surface area contributed by atoms with E-state index < -0.39 is 0 Å². The molecule has 0 spiro atoms. The summed E-state index contributed by atoms with van der Waals surface area (Å²) in [6.07, 6.45) is 0. The molecule has 6 rings (SSSR count). The van der Waals surface area contributed by atoms with Crippen molar-refractivity contribution in [2.75, 3.05) is 0 Å². The van der Waals surface area contributed by atoms with Gasteiger partial charge in [0.25, 0.3) is 0 Å². The van der Waals surface area contributed by atoms with Crippen molar-refractivity contribution in [2.45, 2.75) is 13.8 Å². The highest BCUT2D eigenvalue weighted by atomic mass is 14.0. The van der Waals surface area contributed by atoms with Gasteiger partial charge in [0.05, 0.1) is 0 Å². The number of fused-ring (bicyclic) bond motifs is 6. The molecule has 0 aromatic heterocycles. The minimum Gasteiger partial charge on any atom is -0.0616 e. The smallest absolute Gasteiger partial charge is 0.0103 e. The van der Waals surface area contributed by atoms with E-state index in [9.17, 15) is 0 Å². The summed E-state index contributed by atoms with van der Waals surface area (Å²) >= 11 is 0. The number of benzene rings is 6. The van der Waals surface area contributed by atoms with Gasteiger partial charge >= 0.3 is 0 Å². The van der Waals surface area contributed by atoms with Crippen LogP contribution in [-0.2, 0) is 0 Å². The monoisotopic (exact) mass is 384 g/mol. The van der Waals surface area contributed by atoms with E-state index in [2.05, 4.69) is 123 Å². The zero-order valence-electron chi connectivity index (χ0n) is 17.4. The molecule has 6 aromatic carbocycles. The lowest BCUT2D eigenvalue weighted by Crippen LogP contribution is -1.80. The molecule has 0 saturated heterocycles. The molecule has 0 amide bonds. The van der Waals surface area contributed by atoms with E-state index in [1.54, 1.807) is 0 Å². The Balaban J connectivity index is 0.000000128. The van der Waals surface area contributed by atoms with Crippen LogP contribution in [0.3, 0.4) is 0 Å². The van der Waals surface area contributed by atoms with Crippen molar-refractivity contribution in [2.24, 2.45) is 0 Å². The summed E-state index contributed by atoms with van der Waals surface area (Å²) in [6.45, 7) is 4.30. The lowest BCUT2D eigenvalue weighted by Gasteiger charge is -2.05. The van der Waals surface area contributed by atoms with Gasteiger partial charge in [0.2, 0.25) is 0 Å². The zero-order valence-corrected chi connectivity index (χ0v) is 17.4.